The van der Waals surface area contributed by atoms with E-state index in [1.54, 1.807) is 12.4 Å². The highest BCUT2D eigenvalue weighted by Crippen LogP contribution is 2.11. The first-order chi connectivity index (χ1) is 6.86. The summed E-state index contributed by atoms with van der Waals surface area (Å²) in [7, 11) is 0. The van der Waals surface area contributed by atoms with Gasteiger partial charge in [-0.3, -0.25) is 0 Å². The second kappa shape index (κ2) is 4.23. The molecule has 0 aromatic carbocycles. The van der Waals surface area contributed by atoms with Crippen molar-refractivity contribution in [2.75, 3.05) is 30.5 Å². The van der Waals surface area contributed by atoms with Crippen molar-refractivity contribution in [3.63, 3.8) is 0 Å². The predicted octanol–water partition coefficient (Wildman–Crippen LogP) is 0.633. The molecule has 1 aliphatic rings. The van der Waals surface area contributed by atoms with Crippen LogP contribution < -0.4 is 10.6 Å². The zero-order chi connectivity index (χ0) is 9.80. The van der Waals surface area contributed by atoms with E-state index in [4.69, 9.17) is 10.5 Å². The van der Waals surface area contributed by atoms with Crippen molar-refractivity contribution in [2.24, 2.45) is 0 Å². The maximum Gasteiger partial charge on any atom is 0.227 e. The number of nitrogens with zero attached hydrogens (tertiary/aromatic N) is 3. The molecule has 1 saturated heterocycles. The Bertz CT molecular complexity index is 279. The summed E-state index contributed by atoms with van der Waals surface area (Å²) in [6.45, 7) is 2.35. The second-order valence-corrected chi connectivity index (χ2v) is 3.32. The van der Waals surface area contributed by atoms with Crippen LogP contribution in [0.15, 0.2) is 12.4 Å². The van der Waals surface area contributed by atoms with Crippen molar-refractivity contribution < 1.29 is 4.74 Å². The van der Waals surface area contributed by atoms with E-state index < -0.39 is 0 Å². The number of anilines is 2. The molecule has 0 saturated carbocycles. The van der Waals surface area contributed by atoms with Gasteiger partial charge in [0.25, 0.3) is 0 Å². The lowest BCUT2D eigenvalue weighted by molar-refractivity contribution is 0.145. The molecule has 0 unspecified atom stereocenters. The largest absolute Gasteiger partial charge is 0.396 e. The molecular weight excluding hydrogens is 180 g/mol. The first-order valence-corrected chi connectivity index (χ1v) is 4.76. The predicted molar refractivity (Wildman–Crippen MR) is 53.8 cm³/mol. The Labute approximate surface area is 82.9 Å². The van der Waals surface area contributed by atoms with Crippen LogP contribution in [-0.4, -0.2) is 29.9 Å². The van der Waals surface area contributed by atoms with Gasteiger partial charge in [0.1, 0.15) is 6.73 Å². The number of aromatic nitrogens is 2. The van der Waals surface area contributed by atoms with Crippen molar-refractivity contribution in [1.29, 1.82) is 0 Å². The average molecular weight is 194 g/mol. The van der Waals surface area contributed by atoms with Gasteiger partial charge < -0.3 is 15.4 Å². The molecule has 0 atom stereocenters. The monoisotopic (exact) mass is 194 g/mol. The standard InChI is InChI=1S/C9H14N4O/c10-8-5-11-9(12-6-8)13-3-1-2-4-14-7-13/h5-6H,1-4,7,10H2. The van der Waals surface area contributed by atoms with Gasteiger partial charge in [-0.2, -0.15) is 0 Å². The zero-order valence-electron chi connectivity index (χ0n) is 8.02. The molecule has 0 radical (unpaired) electrons. The fourth-order valence-electron chi connectivity index (χ4n) is 1.40. The Kier molecular flexibility index (Phi) is 2.78. The molecule has 1 fully saturated rings. The SMILES string of the molecule is Nc1cnc(N2CCCCOC2)nc1. The molecule has 2 rings (SSSR count). The Morgan fingerprint density at radius 3 is 2.86 bits per heavy atom. The van der Waals surface area contributed by atoms with Crippen molar-refractivity contribution in [2.45, 2.75) is 12.8 Å². The third-order valence-electron chi connectivity index (χ3n) is 2.15. The van der Waals surface area contributed by atoms with E-state index >= 15 is 0 Å². The van der Waals surface area contributed by atoms with Gasteiger partial charge in [-0.1, -0.05) is 0 Å². The Balaban J connectivity index is 2.08. The highest BCUT2D eigenvalue weighted by Gasteiger charge is 2.11. The summed E-state index contributed by atoms with van der Waals surface area (Å²) in [6, 6.07) is 0. The summed E-state index contributed by atoms with van der Waals surface area (Å²) >= 11 is 0. The van der Waals surface area contributed by atoms with Crippen LogP contribution in [0.2, 0.25) is 0 Å². The molecule has 5 nitrogen and oxygen atoms in total. The molecule has 2 heterocycles. The molecule has 76 valence electrons. The molecule has 5 heteroatoms. The summed E-state index contributed by atoms with van der Waals surface area (Å²) in [4.78, 5) is 10.3. The number of rotatable bonds is 1. The number of hydrogen-bond donors (Lipinski definition) is 1. The number of ether oxygens (including phenoxy) is 1. The van der Waals surface area contributed by atoms with Gasteiger partial charge in [0.15, 0.2) is 0 Å². The van der Waals surface area contributed by atoms with Crippen molar-refractivity contribution in [3.8, 4) is 0 Å². The first kappa shape index (κ1) is 9.21. The molecule has 0 aliphatic carbocycles. The van der Waals surface area contributed by atoms with Crippen molar-refractivity contribution >= 4 is 11.6 Å². The number of hydrogen-bond acceptors (Lipinski definition) is 5. The van der Waals surface area contributed by atoms with Gasteiger partial charge in [-0.15, -0.1) is 0 Å². The second-order valence-electron chi connectivity index (χ2n) is 3.32. The van der Waals surface area contributed by atoms with Gasteiger partial charge in [0, 0.05) is 13.2 Å². The van der Waals surface area contributed by atoms with Gasteiger partial charge in [-0.05, 0) is 12.8 Å². The molecule has 0 spiro atoms. The van der Waals surface area contributed by atoms with Crippen LogP contribution in [0.25, 0.3) is 0 Å². The normalized spacial score (nSPS) is 17.9. The summed E-state index contributed by atoms with van der Waals surface area (Å²) in [6.07, 6.45) is 5.46. The molecule has 0 amide bonds. The number of nitrogen functional groups attached to an aromatic ring is 1. The van der Waals surface area contributed by atoms with Crippen molar-refractivity contribution in [3.05, 3.63) is 12.4 Å². The maximum absolute atomic E-state index is 5.51. The summed E-state index contributed by atoms with van der Waals surface area (Å²) < 4.78 is 5.41. The maximum atomic E-state index is 5.51. The van der Waals surface area contributed by atoms with E-state index in [-0.39, 0.29) is 0 Å². The van der Waals surface area contributed by atoms with E-state index in [1.807, 2.05) is 4.90 Å². The molecular formula is C9H14N4O. The minimum absolute atomic E-state index is 0.573. The Hall–Kier alpha value is -1.36. The molecule has 14 heavy (non-hydrogen) atoms. The fraction of sp³-hybridized carbons (Fsp3) is 0.556. The van der Waals surface area contributed by atoms with E-state index in [2.05, 4.69) is 9.97 Å². The lowest BCUT2D eigenvalue weighted by Gasteiger charge is -2.18. The average Bonchev–Trinajstić information content (AvgIpc) is 2.47. The van der Waals surface area contributed by atoms with Gasteiger partial charge in [0.05, 0.1) is 18.1 Å². The third-order valence-corrected chi connectivity index (χ3v) is 2.15. The zero-order valence-corrected chi connectivity index (χ0v) is 8.02. The van der Waals surface area contributed by atoms with Gasteiger partial charge >= 0.3 is 0 Å². The molecule has 1 aromatic heterocycles. The van der Waals surface area contributed by atoms with Crippen LogP contribution in [-0.2, 0) is 4.74 Å². The van der Waals surface area contributed by atoms with Gasteiger partial charge in [-0.25, -0.2) is 9.97 Å². The van der Waals surface area contributed by atoms with Gasteiger partial charge in [0.2, 0.25) is 5.95 Å². The van der Waals surface area contributed by atoms with E-state index in [0.29, 0.717) is 18.4 Å². The third kappa shape index (κ3) is 2.11. The van der Waals surface area contributed by atoms with E-state index in [0.717, 1.165) is 26.0 Å². The highest BCUT2D eigenvalue weighted by atomic mass is 16.5. The lowest BCUT2D eigenvalue weighted by Crippen LogP contribution is -2.27. The summed E-state index contributed by atoms with van der Waals surface area (Å²) in [5, 5.41) is 0. The summed E-state index contributed by atoms with van der Waals surface area (Å²) in [5.74, 6) is 0.695. The lowest BCUT2D eigenvalue weighted by atomic mass is 10.3. The summed E-state index contributed by atoms with van der Waals surface area (Å²) in [5.41, 5.74) is 6.10. The number of nitrogens with two attached hydrogens (primary N) is 1. The van der Waals surface area contributed by atoms with Crippen LogP contribution in [0, 0.1) is 0 Å². The Morgan fingerprint density at radius 1 is 1.29 bits per heavy atom. The van der Waals surface area contributed by atoms with Crippen LogP contribution in [0.5, 0.6) is 0 Å². The molecule has 1 aromatic rings. The highest BCUT2D eigenvalue weighted by molar-refractivity contribution is 5.37. The van der Waals surface area contributed by atoms with Crippen LogP contribution in [0.4, 0.5) is 11.6 Å². The van der Waals surface area contributed by atoms with Crippen LogP contribution in [0.3, 0.4) is 0 Å². The smallest absolute Gasteiger partial charge is 0.227 e. The topological polar surface area (TPSA) is 64.3 Å². The molecule has 2 N–H and O–H groups in total. The van der Waals surface area contributed by atoms with E-state index in [9.17, 15) is 0 Å². The van der Waals surface area contributed by atoms with E-state index in [1.165, 1.54) is 0 Å². The molecule has 1 aliphatic heterocycles. The first-order valence-electron chi connectivity index (χ1n) is 4.76. The van der Waals surface area contributed by atoms with Crippen LogP contribution >= 0.6 is 0 Å². The Morgan fingerprint density at radius 2 is 2.07 bits per heavy atom. The fourth-order valence-corrected chi connectivity index (χ4v) is 1.40. The van der Waals surface area contributed by atoms with Crippen LogP contribution in [0.1, 0.15) is 12.8 Å². The quantitative estimate of drug-likeness (QED) is 0.710. The molecule has 0 bridgehead atoms. The minimum atomic E-state index is 0.573. The van der Waals surface area contributed by atoms with Crippen molar-refractivity contribution in [1.82, 2.24) is 9.97 Å². The minimum Gasteiger partial charge on any atom is -0.396 e.